The second-order valence-electron chi connectivity index (χ2n) is 3.18. The average Bonchev–Trinajstić information content (AvgIpc) is 2.56. The van der Waals surface area contributed by atoms with Crippen molar-refractivity contribution in [3.8, 4) is 0 Å². The Labute approximate surface area is 95.2 Å². The van der Waals surface area contributed by atoms with Gasteiger partial charge in [0.05, 0.1) is 12.1 Å². The van der Waals surface area contributed by atoms with Gasteiger partial charge in [-0.05, 0) is 0 Å². The van der Waals surface area contributed by atoms with Gasteiger partial charge in [-0.3, -0.25) is 4.79 Å². The molecule has 0 amide bonds. The number of oxazole rings is 1. The van der Waals surface area contributed by atoms with E-state index in [1.54, 1.807) is 0 Å². The number of carbonyl (C=O) groups is 1. The van der Waals surface area contributed by atoms with Crippen molar-refractivity contribution in [1.82, 2.24) is 4.98 Å². The zero-order valence-electron chi connectivity index (χ0n) is 8.39. The fourth-order valence-electron chi connectivity index (χ4n) is 1.09. The van der Waals surface area contributed by atoms with Crippen LogP contribution in [0.25, 0.3) is 0 Å². The fraction of sp³-hybridized carbons (Fsp3) is 0.500. The second kappa shape index (κ2) is 4.50. The van der Waals surface area contributed by atoms with Gasteiger partial charge in [0.15, 0.2) is 0 Å². The number of carboxylic acids is 1. The third-order valence-corrected chi connectivity index (χ3v) is 1.77. The van der Waals surface area contributed by atoms with Crippen LogP contribution in [0, 0.1) is 0 Å². The van der Waals surface area contributed by atoms with Gasteiger partial charge in [-0.25, -0.2) is 4.98 Å². The molecule has 0 saturated carbocycles. The van der Waals surface area contributed by atoms with Crippen LogP contribution < -0.4 is 0 Å². The largest absolute Gasteiger partial charge is 0.481 e. The van der Waals surface area contributed by atoms with E-state index >= 15 is 0 Å². The summed E-state index contributed by atoms with van der Waals surface area (Å²) in [4.78, 5) is 12.8. The van der Waals surface area contributed by atoms with Gasteiger partial charge in [0.1, 0.15) is 0 Å². The quantitative estimate of drug-likeness (QED) is 0.863. The van der Waals surface area contributed by atoms with E-state index in [0.717, 1.165) is 0 Å². The maximum Gasteiger partial charge on any atom is 0.468 e. The molecule has 0 aliphatic heterocycles. The molecule has 18 heavy (non-hydrogen) atoms. The molecule has 1 rings (SSSR count). The topological polar surface area (TPSA) is 63.3 Å². The summed E-state index contributed by atoms with van der Waals surface area (Å²) < 4.78 is 77.0. The van der Waals surface area contributed by atoms with Gasteiger partial charge in [-0.1, -0.05) is 0 Å². The molecule has 0 unspecified atom stereocenters. The van der Waals surface area contributed by atoms with E-state index in [-0.39, 0.29) is 0 Å². The van der Waals surface area contributed by atoms with Gasteiger partial charge in [0, 0.05) is 6.42 Å². The molecule has 1 aromatic rings. The van der Waals surface area contributed by atoms with Crippen LogP contribution in [0.4, 0.5) is 26.3 Å². The summed E-state index contributed by atoms with van der Waals surface area (Å²) >= 11 is 0. The first-order valence-corrected chi connectivity index (χ1v) is 4.37. The molecular weight excluding hydrogens is 272 g/mol. The van der Waals surface area contributed by atoms with Gasteiger partial charge < -0.3 is 9.52 Å². The predicted molar refractivity (Wildman–Crippen MR) is 42.5 cm³/mol. The molecule has 0 aliphatic carbocycles. The number of halogens is 6. The Morgan fingerprint density at radius 2 is 1.72 bits per heavy atom. The third-order valence-electron chi connectivity index (χ3n) is 1.77. The minimum atomic E-state index is -5.17. The number of alkyl halides is 6. The standard InChI is InChI=1S/C8H5F6NO3/c9-7(10,11)5-3(1-2-4(16)17)15-6(18-5)8(12,13)14/h1-2H2,(H,16,17). The number of carboxylic acid groups (broad SMARTS) is 1. The van der Waals surface area contributed by atoms with Crippen LogP contribution in [-0.2, 0) is 23.6 Å². The van der Waals surface area contributed by atoms with Crippen LogP contribution in [0.3, 0.4) is 0 Å². The summed E-state index contributed by atoms with van der Waals surface area (Å²) in [5.41, 5.74) is -1.07. The van der Waals surface area contributed by atoms with Gasteiger partial charge in [-0.15, -0.1) is 0 Å². The van der Waals surface area contributed by atoms with E-state index in [9.17, 15) is 31.1 Å². The molecule has 0 radical (unpaired) electrons. The zero-order chi connectivity index (χ0) is 14.1. The number of aliphatic carboxylic acids is 1. The normalized spacial score (nSPS) is 12.8. The lowest BCUT2D eigenvalue weighted by Gasteiger charge is -2.03. The van der Waals surface area contributed by atoms with E-state index in [1.807, 2.05) is 0 Å². The lowest BCUT2D eigenvalue weighted by molar-refractivity contribution is -0.173. The molecule has 0 bridgehead atoms. The number of nitrogens with zero attached hydrogens (tertiary/aromatic N) is 1. The molecule has 0 spiro atoms. The van der Waals surface area contributed by atoms with Gasteiger partial charge in [0.2, 0.25) is 5.76 Å². The van der Waals surface area contributed by atoms with Gasteiger partial charge in [-0.2, -0.15) is 26.3 Å². The van der Waals surface area contributed by atoms with E-state index in [0.29, 0.717) is 0 Å². The van der Waals surface area contributed by atoms with Crippen LogP contribution in [-0.4, -0.2) is 16.1 Å². The monoisotopic (exact) mass is 277 g/mol. The lowest BCUT2D eigenvalue weighted by atomic mass is 10.2. The minimum absolute atomic E-state index is 0.785. The van der Waals surface area contributed by atoms with E-state index in [4.69, 9.17) is 5.11 Å². The highest BCUT2D eigenvalue weighted by molar-refractivity contribution is 5.67. The molecule has 102 valence electrons. The van der Waals surface area contributed by atoms with Crippen LogP contribution in [0.1, 0.15) is 23.8 Å². The van der Waals surface area contributed by atoms with Crippen molar-refractivity contribution in [2.75, 3.05) is 0 Å². The Bertz CT molecular complexity index is 447. The Kier molecular flexibility index (Phi) is 3.58. The van der Waals surface area contributed by atoms with Crippen LogP contribution in [0.2, 0.25) is 0 Å². The molecule has 0 aliphatic rings. The zero-order valence-corrected chi connectivity index (χ0v) is 8.39. The summed E-state index contributed by atoms with van der Waals surface area (Å²) in [6, 6.07) is 0. The first kappa shape index (κ1) is 14.3. The lowest BCUT2D eigenvalue weighted by Crippen LogP contribution is -2.08. The van der Waals surface area contributed by atoms with Crippen LogP contribution >= 0.6 is 0 Å². The summed E-state index contributed by atoms with van der Waals surface area (Å²) in [6.45, 7) is 0. The highest BCUT2D eigenvalue weighted by Gasteiger charge is 2.45. The van der Waals surface area contributed by atoms with Crippen molar-refractivity contribution in [3.63, 3.8) is 0 Å². The number of hydrogen-bond acceptors (Lipinski definition) is 3. The molecule has 1 heterocycles. The Hall–Kier alpha value is -1.74. The first-order chi connectivity index (χ1) is 8.01. The molecule has 0 atom stereocenters. The van der Waals surface area contributed by atoms with Crippen LogP contribution in [0.5, 0.6) is 0 Å². The summed E-state index contributed by atoms with van der Waals surface area (Å²) in [5.74, 6) is -5.43. The van der Waals surface area contributed by atoms with E-state index in [1.165, 1.54) is 0 Å². The first-order valence-electron chi connectivity index (χ1n) is 4.37. The average molecular weight is 277 g/mol. The van der Waals surface area contributed by atoms with Gasteiger partial charge in [0.25, 0.3) is 0 Å². The van der Waals surface area contributed by atoms with Crippen molar-refractivity contribution in [2.45, 2.75) is 25.2 Å². The maximum atomic E-state index is 12.3. The molecule has 0 fully saturated rings. The molecule has 1 N–H and O–H groups in total. The Morgan fingerprint density at radius 1 is 1.17 bits per heavy atom. The smallest absolute Gasteiger partial charge is 0.468 e. The highest BCUT2D eigenvalue weighted by Crippen LogP contribution is 2.37. The third kappa shape index (κ3) is 3.37. The SMILES string of the molecule is O=C(O)CCc1nc(C(F)(F)F)oc1C(F)(F)F. The molecule has 0 aromatic carbocycles. The van der Waals surface area contributed by atoms with Crippen molar-refractivity contribution in [2.24, 2.45) is 0 Å². The fourth-order valence-corrected chi connectivity index (χ4v) is 1.09. The second-order valence-corrected chi connectivity index (χ2v) is 3.18. The number of aromatic nitrogens is 1. The Morgan fingerprint density at radius 3 is 2.11 bits per heavy atom. The maximum absolute atomic E-state index is 12.3. The van der Waals surface area contributed by atoms with Crippen molar-refractivity contribution in [1.29, 1.82) is 0 Å². The number of aryl methyl sites for hydroxylation is 1. The van der Waals surface area contributed by atoms with E-state index in [2.05, 4.69) is 9.40 Å². The highest BCUT2D eigenvalue weighted by atomic mass is 19.4. The molecule has 4 nitrogen and oxygen atoms in total. The minimum Gasteiger partial charge on any atom is -0.481 e. The van der Waals surface area contributed by atoms with Crippen molar-refractivity contribution in [3.05, 3.63) is 17.3 Å². The van der Waals surface area contributed by atoms with E-state index < -0.39 is 48.5 Å². The number of rotatable bonds is 3. The summed E-state index contributed by atoms with van der Waals surface area (Å²) in [5, 5.41) is 8.27. The molecule has 1 aromatic heterocycles. The van der Waals surface area contributed by atoms with Crippen molar-refractivity contribution >= 4 is 5.97 Å². The molecule has 0 saturated heterocycles. The van der Waals surface area contributed by atoms with Gasteiger partial charge >= 0.3 is 24.2 Å². The van der Waals surface area contributed by atoms with Crippen molar-refractivity contribution < 1.29 is 40.7 Å². The summed E-state index contributed by atoms with van der Waals surface area (Å²) in [7, 11) is 0. The summed E-state index contributed by atoms with van der Waals surface area (Å²) in [6.07, 6.45) is -11.9. The molecule has 10 heteroatoms. The Balaban J connectivity index is 3.14. The number of hydrogen-bond donors (Lipinski definition) is 1. The molecular formula is C8H5F6NO3. The van der Waals surface area contributed by atoms with Crippen LogP contribution in [0.15, 0.2) is 4.42 Å². The predicted octanol–water partition coefficient (Wildman–Crippen LogP) is 2.73.